The molecule has 0 N–H and O–H groups in total. The zero-order valence-corrected chi connectivity index (χ0v) is 17.1. The normalized spacial score (nSPS) is 29.8. The lowest BCUT2D eigenvalue weighted by Gasteiger charge is -2.37. The first kappa shape index (κ1) is 18.6. The molecule has 1 saturated carbocycles. The average molecular weight is 416 g/mol. The van der Waals surface area contributed by atoms with Crippen LogP contribution in [0.15, 0.2) is 53.3 Å². The Morgan fingerprint density at radius 1 is 0.935 bits per heavy atom. The predicted molar refractivity (Wildman–Crippen MR) is 113 cm³/mol. The topological polar surface area (TPSA) is 70.8 Å². The molecule has 6 rings (SSSR count). The molecule has 1 aliphatic carbocycles. The van der Waals surface area contributed by atoms with Gasteiger partial charge in [-0.2, -0.15) is 0 Å². The van der Waals surface area contributed by atoms with Crippen molar-refractivity contribution in [3.8, 4) is 0 Å². The third-order valence-electron chi connectivity index (χ3n) is 7.47. The summed E-state index contributed by atoms with van der Waals surface area (Å²) in [4.78, 5) is 44.4. The molecule has 3 fully saturated rings. The van der Waals surface area contributed by atoms with Gasteiger partial charge in [-0.25, -0.2) is 0 Å². The summed E-state index contributed by atoms with van der Waals surface area (Å²) in [5.41, 5.74) is 2.03. The van der Waals surface area contributed by atoms with Gasteiger partial charge in [0.1, 0.15) is 6.04 Å². The summed E-state index contributed by atoms with van der Waals surface area (Å²) in [6.07, 6.45) is 10.2. The molecule has 2 amide bonds. The van der Waals surface area contributed by atoms with Crippen LogP contribution in [0.5, 0.6) is 0 Å². The zero-order valence-electron chi connectivity index (χ0n) is 17.1. The van der Waals surface area contributed by atoms with Gasteiger partial charge in [0, 0.05) is 12.2 Å². The maximum Gasteiger partial charge on any atom is 0.236 e. The van der Waals surface area contributed by atoms with Crippen molar-refractivity contribution in [3.63, 3.8) is 0 Å². The minimum atomic E-state index is -0.740. The first-order valence-electron chi connectivity index (χ1n) is 11.2. The Labute approximate surface area is 180 Å². The lowest BCUT2D eigenvalue weighted by Crippen LogP contribution is -2.47. The van der Waals surface area contributed by atoms with Crippen LogP contribution in [-0.4, -0.2) is 39.5 Å². The highest BCUT2D eigenvalue weighted by molar-refractivity contribution is 6.11. The maximum absolute atomic E-state index is 13.7. The maximum atomic E-state index is 13.7. The van der Waals surface area contributed by atoms with Crippen LogP contribution in [0.4, 0.5) is 0 Å². The fourth-order valence-electron chi connectivity index (χ4n) is 6.14. The summed E-state index contributed by atoms with van der Waals surface area (Å²) < 4.78 is 5.40. The van der Waals surface area contributed by atoms with Crippen molar-refractivity contribution in [2.45, 2.75) is 50.2 Å². The highest BCUT2D eigenvalue weighted by atomic mass is 16.3. The van der Waals surface area contributed by atoms with Gasteiger partial charge in [-0.15, -0.1) is 0 Å². The van der Waals surface area contributed by atoms with Gasteiger partial charge in [0.05, 0.1) is 24.1 Å². The number of rotatable bonds is 3. The molecule has 0 bridgehead atoms. The predicted octanol–water partition coefficient (Wildman–Crippen LogP) is 3.81. The molecule has 1 aromatic heterocycles. The number of carbonyl (C=O) groups excluding carboxylic acids is 3. The quantitative estimate of drug-likeness (QED) is 0.562. The highest BCUT2D eigenvalue weighted by Gasteiger charge is 2.65. The van der Waals surface area contributed by atoms with Crippen LogP contribution >= 0.6 is 0 Å². The Morgan fingerprint density at radius 3 is 2.48 bits per heavy atom. The molecule has 6 nitrogen and oxygen atoms in total. The second-order valence-electron chi connectivity index (χ2n) is 9.01. The summed E-state index contributed by atoms with van der Waals surface area (Å²) in [5, 5.41) is 0. The molecular weight excluding hydrogens is 392 g/mol. The number of imide groups is 1. The van der Waals surface area contributed by atoms with Gasteiger partial charge in [0.15, 0.2) is 5.76 Å². The first-order chi connectivity index (χ1) is 15.2. The minimum absolute atomic E-state index is 0.0402. The van der Waals surface area contributed by atoms with Crippen molar-refractivity contribution in [3.05, 3.63) is 65.7 Å². The molecule has 6 heteroatoms. The van der Waals surface area contributed by atoms with E-state index >= 15 is 0 Å². The van der Waals surface area contributed by atoms with Gasteiger partial charge in [0.2, 0.25) is 17.6 Å². The van der Waals surface area contributed by atoms with Crippen molar-refractivity contribution in [2.24, 2.45) is 11.8 Å². The number of hydrogen-bond donors (Lipinski definition) is 0. The smallest absolute Gasteiger partial charge is 0.236 e. The number of furan rings is 1. The van der Waals surface area contributed by atoms with Crippen LogP contribution < -0.4 is 0 Å². The number of benzene rings is 1. The second kappa shape index (κ2) is 6.94. The van der Waals surface area contributed by atoms with Gasteiger partial charge in [0.25, 0.3) is 0 Å². The molecule has 2 aromatic rings. The van der Waals surface area contributed by atoms with Crippen LogP contribution in [-0.2, 0) is 9.59 Å². The molecule has 4 atom stereocenters. The highest BCUT2D eigenvalue weighted by Crippen LogP contribution is 2.53. The molecule has 0 spiro atoms. The third-order valence-corrected chi connectivity index (χ3v) is 7.47. The minimum Gasteiger partial charge on any atom is -0.461 e. The monoisotopic (exact) mass is 416 g/mol. The van der Waals surface area contributed by atoms with Crippen molar-refractivity contribution in [1.82, 2.24) is 9.80 Å². The number of Topliss-reactive ketones (excluding diaryl/α,β-unsaturated/α-hetero) is 1. The fourth-order valence-corrected chi connectivity index (χ4v) is 6.14. The summed E-state index contributed by atoms with van der Waals surface area (Å²) in [7, 11) is 0. The Kier molecular flexibility index (Phi) is 4.16. The van der Waals surface area contributed by atoms with E-state index in [1.165, 1.54) is 11.2 Å². The Balaban J connectivity index is 1.47. The lowest BCUT2D eigenvalue weighted by molar-refractivity contribution is -0.144. The standard InChI is InChI=1S/C25H24N2O4/c28-23(18-11-6-14-31-18)22-20-19(21-17-10-5-4-7-15(17)12-13-26(21)22)24(29)27(25(20)30)16-8-2-1-3-9-16/h4-7,10-14,16,19-22H,1-3,8-9H2/t19-,20+,21+,22+/m0/s1. The number of fused-ring (bicyclic) bond motifs is 5. The van der Waals surface area contributed by atoms with E-state index in [2.05, 4.69) is 0 Å². The van der Waals surface area contributed by atoms with Gasteiger partial charge in [-0.1, -0.05) is 43.5 Å². The molecule has 4 heterocycles. The van der Waals surface area contributed by atoms with Crippen LogP contribution in [0.25, 0.3) is 6.08 Å². The fraction of sp³-hybridized carbons (Fsp3) is 0.400. The number of carbonyl (C=O) groups is 3. The van der Waals surface area contributed by atoms with E-state index in [-0.39, 0.29) is 35.4 Å². The van der Waals surface area contributed by atoms with Gasteiger partial charge < -0.3 is 9.32 Å². The average Bonchev–Trinajstić information content (AvgIpc) is 3.50. The van der Waals surface area contributed by atoms with Crippen molar-refractivity contribution in [1.29, 1.82) is 0 Å². The molecule has 158 valence electrons. The summed E-state index contributed by atoms with van der Waals surface area (Å²) in [5.74, 6) is -1.55. The molecule has 0 radical (unpaired) electrons. The lowest BCUT2D eigenvalue weighted by atomic mass is 9.84. The number of ketones is 1. The summed E-state index contributed by atoms with van der Waals surface area (Å²) in [6.45, 7) is 0. The first-order valence-corrected chi connectivity index (χ1v) is 11.2. The van der Waals surface area contributed by atoms with E-state index in [4.69, 9.17) is 4.42 Å². The Morgan fingerprint density at radius 2 is 1.71 bits per heavy atom. The van der Waals surface area contributed by atoms with E-state index < -0.39 is 17.9 Å². The molecule has 3 aliphatic heterocycles. The van der Waals surface area contributed by atoms with Crippen molar-refractivity contribution >= 4 is 23.7 Å². The zero-order chi connectivity index (χ0) is 21.1. The summed E-state index contributed by atoms with van der Waals surface area (Å²) >= 11 is 0. The van der Waals surface area contributed by atoms with E-state index in [0.717, 1.165) is 43.2 Å². The van der Waals surface area contributed by atoms with Gasteiger partial charge in [-0.05, 0) is 42.2 Å². The number of amides is 2. The molecule has 0 unspecified atom stereocenters. The van der Waals surface area contributed by atoms with Gasteiger partial charge in [-0.3, -0.25) is 19.3 Å². The number of nitrogens with zero attached hydrogens (tertiary/aromatic N) is 2. The van der Waals surface area contributed by atoms with E-state index in [0.29, 0.717) is 0 Å². The number of hydrogen-bond acceptors (Lipinski definition) is 5. The van der Waals surface area contributed by atoms with Gasteiger partial charge >= 0.3 is 0 Å². The van der Waals surface area contributed by atoms with E-state index in [1.807, 2.05) is 41.4 Å². The molecule has 1 aromatic carbocycles. The largest absolute Gasteiger partial charge is 0.461 e. The molecule has 2 saturated heterocycles. The van der Waals surface area contributed by atoms with Crippen LogP contribution in [0.3, 0.4) is 0 Å². The van der Waals surface area contributed by atoms with Crippen LogP contribution in [0.1, 0.15) is 59.8 Å². The third kappa shape index (κ3) is 2.60. The summed E-state index contributed by atoms with van der Waals surface area (Å²) in [6, 6.07) is 10.1. The molecule has 4 aliphatic rings. The molecule has 31 heavy (non-hydrogen) atoms. The van der Waals surface area contributed by atoms with Crippen LogP contribution in [0.2, 0.25) is 0 Å². The van der Waals surface area contributed by atoms with Crippen LogP contribution in [0, 0.1) is 11.8 Å². The van der Waals surface area contributed by atoms with Crippen molar-refractivity contribution < 1.29 is 18.8 Å². The van der Waals surface area contributed by atoms with Crippen molar-refractivity contribution in [2.75, 3.05) is 0 Å². The molecular formula is C25H24N2O4. The van der Waals surface area contributed by atoms with E-state index in [9.17, 15) is 14.4 Å². The SMILES string of the molecule is O=C(c1ccco1)[C@H]1[C@@H]2C(=O)N(C3CCCCC3)C(=O)[C@@H]2[C@H]2c3ccccc3C=CN21. The second-order valence-corrected chi connectivity index (χ2v) is 9.01. The number of likely N-dealkylation sites (tertiary alicyclic amines) is 1. The Bertz CT molecular complexity index is 1080. The van der Waals surface area contributed by atoms with E-state index in [1.54, 1.807) is 12.1 Å². The Hall–Kier alpha value is -3.15.